The summed E-state index contributed by atoms with van der Waals surface area (Å²) in [7, 11) is 0. The predicted octanol–water partition coefficient (Wildman–Crippen LogP) is 1.91. The lowest BCUT2D eigenvalue weighted by Crippen LogP contribution is -2.47. The van der Waals surface area contributed by atoms with Crippen LogP contribution in [0, 0.1) is 0 Å². The zero-order valence-electron chi connectivity index (χ0n) is 9.15. The number of hydrogen-bond donors (Lipinski definition) is 1. The monoisotopic (exact) mass is 194 g/mol. The van der Waals surface area contributed by atoms with Crippen molar-refractivity contribution in [3.8, 4) is 0 Å². The molecule has 2 aliphatic rings. The van der Waals surface area contributed by atoms with Crippen LogP contribution in [0.3, 0.4) is 0 Å². The van der Waals surface area contributed by atoms with E-state index >= 15 is 0 Å². The number of piperidine rings is 1. The number of rotatable bonds is 3. The second kappa shape index (κ2) is 4.45. The molecular formula is C12H22N2. The van der Waals surface area contributed by atoms with Crippen LogP contribution in [0.15, 0.2) is 12.2 Å². The molecule has 2 bridgehead atoms. The highest BCUT2D eigenvalue weighted by Gasteiger charge is 2.38. The fraction of sp³-hybridized carbons (Fsp3) is 0.833. The van der Waals surface area contributed by atoms with Crippen molar-refractivity contribution >= 4 is 0 Å². The van der Waals surface area contributed by atoms with E-state index < -0.39 is 0 Å². The van der Waals surface area contributed by atoms with Gasteiger partial charge in [-0.15, -0.1) is 0 Å². The lowest BCUT2D eigenvalue weighted by molar-refractivity contribution is 0.130. The first kappa shape index (κ1) is 10.2. The number of hydrogen-bond acceptors (Lipinski definition) is 2. The van der Waals surface area contributed by atoms with Gasteiger partial charge in [0.1, 0.15) is 0 Å². The van der Waals surface area contributed by atoms with E-state index in [9.17, 15) is 0 Å². The van der Waals surface area contributed by atoms with E-state index in [1.54, 1.807) is 0 Å². The van der Waals surface area contributed by atoms with E-state index in [1.165, 1.54) is 38.6 Å². The topological polar surface area (TPSA) is 29.3 Å². The van der Waals surface area contributed by atoms with E-state index in [-0.39, 0.29) is 0 Å². The van der Waals surface area contributed by atoms with Crippen LogP contribution in [0.2, 0.25) is 0 Å². The number of allylic oxidation sites excluding steroid dienone is 1. The summed E-state index contributed by atoms with van der Waals surface area (Å²) in [6.07, 6.45) is 10.9. The molecule has 0 radical (unpaired) electrons. The van der Waals surface area contributed by atoms with Gasteiger partial charge in [-0.25, -0.2) is 0 Å². The van der Waals surface area contributed by atoms with Crippen molar-refractivity contribution in [1.29, 1.82) is 0 Å². The van der Waals surface area contributed by atoms with Crippen LogP contribution in [0.4, 0.5) is 0 Å². The van der Waals surface area contributed by atoms with E-state index in [0.717, 1.165) is 12.1 Å². The molecule has 2 heteroatoms. The summed E-state index contributed by atoms with van der Waals surface area (Å²) in [6.45, 7) is 3.34. The van der Waals surface area contributed by atoms with Gasteiger partial charge in [0, 0.05) is 24.7 Å². The Bertz CT molecular complexity index is 198. The van der Waals surface area contributed by atoms with E-state index in [1.807, 2.05) is 0 Å². The molecule has 2 saturated heterocycles. The van der Waals surface area contributed by atoms with E-state index in [4.69, 9.17) is 5.73 Å². The van der Waals surface area contributed by atoms with Crippen molar-refractivity contribution in [2.75, 3.05) is 6.54 Å². The Labute approximate surface area is 87.2 Å². The summed E-state index contributed by atoms with van der Waals surface area (Å²) in [5.74, 6) is 0. The van der Waals surface area contributed by atoms with Crippen LogP contribution in [0.25, 0.3) is 0 Å². The molecule has 0 amide bonds. The van der Waals surface area contributed by atoms with Crippen molar-refractivity contribution in [3.05, 3.63) is 12.2 Å². The van der Waals surface area contributed by atoms with Crippen LogP contribution < -0.4 is 5.73 Å². The summed E-state index contributed by atoms with van der Waals surface area (Å²) < 4.78 is 0. The average molecular weight is 194 g/mol. The van der Waals surface area contributed by atoms with Gasteiger partial charge >= 0.3 is 0 Å². The third kappa shape index (κ3) is 2.01. The largest absolute Gasteiger partial charge is 0.328 e. The Kier molecular flexibility index (Phi) is 3.24. The maximum Gasteiger partial charge on any atom is 0.0114 e. The Morgan fingerprint density at radius 2 is 1.93 bits per heavy atom. The molecule has 2 nitrogen and oxygen atoms in total. The van der Waals surface area contributed by atoms with Gasteiger partial charge in [0.25, 0.3) is 0 Å². The summed E-state index contributed by atoms with van der Waals surface area (Å²) in [5, 5.41) is 0. The van der Waals surface area contributed by atoms with Crippen molar-refractivity contribution < 1.29 is 0 Å². The van der Waals surface area contributed by atoms with Crippen molar-refractivity contribution in [1.82, 2.24) is 4.90 Å². The molecule has 2 N–H and O–H groups in total. The first-order chi connectivity index (χ1) is 6.81. The molecule has 0 spiro atoms. The third-order valence-corrected chi connectivity index (χ3v) is 3.71. The fourth-order valence-electron chi connectivity index (χ4n) is 3.07. The van der Waals surface area contributed by atoms with Gasteiger partial charge in [0.05, 0.1) is 0 Å². The molecule has 2 aliphatic heterocycles. The summed E-state index contributed by atoms with van der Waals surface area (Å²) in [6, 6.07) is 2.08. The summed E-state index contributed by atoms with van der Waals surface area (Å²) >= 11 is 0. The zero-order valence-corrected chi connectivity index (χ0v) is 9.15. The molecule has 80 valence electrons. The minimum absolute atomic E-state index is 0.477. The molecule has 2 fully saturated rings. The molecular weight excluding hydrogens is 172 g/mol. The molecule has 0 aromatic carbocycles. The second-order valence-electron chi connectivity index (χ2n) is 4.71. The van der Waals surface area contributed by atoms with Gasteiger partial charge in [-0.2, -0.15) is 0 Å². The van der Waals surface area contributed by atoms with Crippen molar-refractivity contribution in [3.63, 3.8) is 0 Å². The number of nitrogens with zero attached hydrogens (tertiary/aromatic N) is 1. The Morgan fingerprint density at radius 3 is 2.50 bits per heavy atom. The van der Waals surface area contributed by atoms with Gasteiger partial charge in [0.15, 0.2) is 0 Å². The van der Waals surface area contributed by atoms with E-state index in [2.05, 4.69) is 24.0 Å². The molecule has 1 unspecified atom stereocenters. The molecule has 14 heavy (non-hydrogen) atoms. The van der Waals surface area contributed by atoms with Gasteiger partial charge in [-0.1, -0.05) is 12.2 Å². The quantitative estimate of drug-likeness (QED) is 0.695. The van der Waals surface area contributed by atoms with Gasteiger partial charge in [0.2, 0.25) is 0 Å². The normalized spacial score (nSPS) is 38.3. The lowest BCUT2D eigenvalue weighted by Gasteiger charge is -2.37. The highest BCUT2D eigenvalue weighted by atomic mass is 15.2. The Hall–Kier alpha value is -0.340. The zero-order chi connectivity index (χ0) is 9.97. The third-order valence-electron chi connectivity index (χ3n) is 3.71. The van der Waals surface area contributed by atoms with Crippen molar-refractivity contribution in [2.24, 2.45) is 5.73 Å². The SMILES string of the molecule is C/C=C/CCN1[C@@H]2CC[C@H]1CC(N)C2. The maximum absolute atomic E-state index is 6.03. The minimum atomic E-state index is 0.477. The molecule has 2 heterocycles. The number of nitrogens with two attached hydrogens (primary N) is 1. The number of fused-ring (bicyclic) bond motifs is 2. The highest BCUT2D eigenvalue weighted by Crippen LogP contribution is 2.34. The smallest absolute Gasteiger partial charge is 0.0114 e. The van der Waals surface area contributed by atoms with Gasteiger partial charge in [-0.05, 0) is 39.0 Å². The summed E-state index contributed by atoms with van der Waals surface area (Å²) in [5.41, 5.74) is 6.03. The minimum Gasteiger partial charge on any atom is -0.328 e. The molecule has 0 aliphatic carbocycles. The average Bonchev–Trinajstić information content (AvgIpc) is 2.42. The maximum atomic E-state index is 6.03. The summed E-state index contributed by atoms with van der Waals surface area (Å²) in [4.78, 5) is 2.70. The molecule has 2 rings (SSSR count). The van der Waals surface area contributed by atoms with Crippen LogP contribution in [0.5, 0.6) is 0 Å². The fourth-order valence-corrected chi connectivity index (χ4v) is 3.07. The predicted molar refractivity (Wildman–Crippen MR) is 60.2 cm³/mol. The highest BCUT2D eigenvalue weighted by molar-refractivity contribution is 4.97. The van der Waals surface area contributed by atoms with Crippen LogP contribution in [-0.2, 0) is 0 Å². The first-order valence-corrected chi connectivity index (χ1v) is 5.93. The molecule has 3 atom stereocenters. The van der Waals surface area contributed by atoms with Crippen LogP contribution >= 0.6 is 0 Å². The van der Waals surface area contributed by atoms with E-state index in [0.29, 0.717) is 6.04 Å². The van der Waals surface area contributed by atoms with Crippen molar-refractivity contribution in [2.45, 2.75) is 57.2 Å². The Balaban J connectivity index is 1.87. The van der Waals surface area contributed by atoms with Crippen LogP contribution in [-0.4, -0.2) is 29.6 Å². The van der Waals surface area contributed by atoms with Gasteiger partial charge < -0.3 is 5.73 Å². The molecule has 0 aromatic heterocycles. The standard InChI is InChI=1S/C12H22N2/c1-2-3-4-7-14-11-5-6-12(14)9-10(13)8-11/h2-3,10-12H,4-9,13H2,1H3/b3-2+/t10?,11-,12+. The van der Waals surface area contributed by atoms with Gasteiger partial charge in [-0.3, -0.25) is 4.90 Å². The molecule has 0 saturated carbocycles. The first-order valence-electron chi connectivity index (χ1n) is 5.93. The lowest BCUT2D eigenvalue weighted by atomic mass is 9.98. The Morgan fingerprint density at radius 1 is 1.29 bits per heavy atom. The van der Waals surface area contributed by atoms with Crippen LogP contribution in [0.1, 0.15) is 39.0 Å². The second-order valence-corrected chi connectivity index (χ2v) is 4.71. The molecule has 0 aromatic rings.